The van der Waals surface area contributed by atoms with Gasteiger partial charge in [-0.2, -0.15) is 0 Å². The van der Waals surface area contributed by atoms with E-state index in [1.807, 2.05) is 54.8 Å². The predicted octanol–water partition coefficient (Wildman–Crippen LogP) is 3.73. The standard InChI is InChI=1S/C22H24ClN3O3S/c1-15-11-21(16(2)26(15)20-10-6-9-19(23)12-20)22(27)25-13-17-7-4-5-8-18(17)14-30(28,29)24-3/h4-12,24H,13-14H2,1-3H3,(H,25,27). The van der Waals surface area contributed by atoms with Crippen LogP contribution in [0, 0.1) is 13.8 Å². The van der Waals surface area contributed by atoms with E-state index in [0.29, 0.717) is 16.1 Å². The van der Waals surface area contributed by atoms with E-state index in [0.717, 1.165) is 22.6 Å². The minimum Gasteiger partial charge on any atom is -0.348 e. The second kappa shape index (κ2) is 9.04. The number of nitrogens with zero attached hydrogens (tertiary/aromatic N) is 1. The van der Waals surface area contributed by atoms with Crippen LogP contribution < -0.4 is 10.0 Å². The molecule has 0 aliphatic carbocycles. The van der Waals surface area contributed by atoms with Gasteiger partial charge in [0.25, 0.3) is 5.91 Å². The number of carbonyl (C=O) groups is 1. The molecule has 2 N–H and O–H groups in total. The van der Waals surface area contributed by atoms with Gasteiger partial charge in [-0.3, -0.25) is 4.79 Å². The number of nitrogens with one attached hydrogen (secondary N) is 2. The average molecular weight is 446 g/mol. The third-order valence-electron chi connectivity index (χ3n) is 4.96. The zero-order chi connectivity index (χ0) is 21.9. The summed E-state index contributed by atoms with van der Waals surface area (Å²) in [6.45, 7) is 4.05. The molecule has 30 heavy (non-hydrogen) atoms. The molecule has 0 bridgehead atoms. The Morgan fingerprint density at radius 1 is 1.03 bits per heavy atom. The SMILES string of the molecule is CNS(=O)(=O)Cc1ccccc1CNC(=O)c1cc(C)n(-c2cccc(Cl)c2)c1C. The fraction of sp³-hybridized carbons (Fsp3) is 0.227. The quantitative estimate of drug-likeness (QED) is 0.581. The van der Waals surface area contributed by atoms with Gasteiger partial charge in [0.1, 0.15) is 0 Å². The van der Waals surface area contributed by atoms with Crippen LogP contribution in [0.4, 0.5) is 0 Å². The van der Waals surface area contributed by atoms with Crippen LogP contribution in [-0.4, -0.2) is 25.9 Å². The maximum Gasteiger partial charge on any atom is 0.253 e. The lowest BCUT2D eigenvalue weighted by Gasteiger charge is -2.12. The molecule has 1 aromatic heterocycles. The second-order valence-corrected chi connectivity index (χ2v) is 9.38. The van der Waals surface area contributed by atoms with E-state index < -0.39 is 10.0 Å². The van der Waals surface area contributed by atoms with Gasteiger partial charge in [-0.15, -0.1) is 0 Å². The fourth-order valence-electron chi connectivity index (χ4n) is 3.42. The molecule has 2 aromatic carbocycles. The fourth-order valence-corrected chi connectivity index (χ4v) is 4.44. The van der Waals surface area contributed by atoms with E-state index in [4.69, 9.17) is 11.6 Å². The summed E-state index contributed by atoms with van der Waals surface area (Å²) in [4.78, 5) is 12.9. The second-order valence-electron chi connectivity index (χ2n) is 7.01. The summed E-state index contributed by atoms with van der Waals surface area (Å²) in [6, 6.07) is 16.5. The first-order valence-electron chi connectivity index (χ1n) is 9.43. The van der Waals surface area contributed by atoms with Crippen molar-refractivity contribution in [2.24, 2.45) is 0 Å². The van der Waals surface area contributed by atoms with Gasteiger partial charge < -0.3 is 9.88 Å². The number of carbonyl (C=O) groups excluding carboxylic acids is 1. The molecule has 3 aromatic rings. The van der Waals surface area contributed by atoms with Crippen LogP contribution in [0.1, 0.15) is 32.9 Å². The number of hydrogen-bond donors (Lipinski definition) is 2. The molecule has 3 rings (SSSR count). The van der Waals surface area contributed by atoms with Gasteiger partial charge in [-0.25, -0.2) is 13.1 Å². The Labute approximate surface area is 181 Å². The molecule has 1 heterocycles. The molecule has 0 aliphatic heterocycles. The predicted molar refractivity (Wildman–Crippen MR) is 120 cm³/mol. The van der Waals surface area contributed by atoms with Crippen LogP contribution in [0.5, 0.6) is 0 Å². The van der Waals surface area contributed by atoms with Crippen molar-refractivity contribution >= 4 is 27.5 Å². The Balaban J connectivity index is 1.81. The van der Waals surface area contributed by atoms with Crippen molar-refractivity contribution in [1.29, 1.82) is 0 Å². The first kappa shape index (κ1) is 22.1. The monoisotopic (exact) mass is 445 g/mol. The molecule has 0 unspecified atom stereocenters. The Morgan fingerprint density at radius 2 is 1.73 bits per heavy atom. The molecule has 6 nitrogen and oxygen atoms in total. The Bertz CT molecular complexity index is 1190. The van der Waals surface area contributed by atoms with E-state index in [1.54, 1.807) is 18.2 Å². The molecular weight excluding hydrogens is 422 g/mol. The zero-order valence-electron chi connectivity index (χ0n) is 17.1. The molecule has 158 valence electrons. The van der Waals surface area contributed by atoms with Crippen LogP contribution in [-0.2, 0) is 22.3 Å². The lowest BCUT2D eigenvalue weighted by molar-refractivity contribution is 0.0950. The lowest BCUT2D eigenvalue weighted by Crippen LogP contribution is -2.25. The molecule has 0 radical (unpaired) electrons. The third kappa shape index (κ3) is 4.92. The van der Waals surface area contributed by atoms with E-state index in [-0.39, 0.29) is 18.2 Å². The van der Waals surface area contributed by atoms with Crippen molar-refractivity contribution in [3.63, 3.8) is 0 Å². The van der Waals surface area contributed by atoms with Gasteiger partial charge in [-0.1, -0.05) is 41.9 Å². The highest BCUT2D eigenvalue weighted by Crippen LogP contribution is 2.23. The summed E-state index contributed by atoms with van der Waals surface area (Å²) in [6.07, 6.45) is 0. The molecule has 1 amide bonds. The minimum absolute atomic E-state index is 0.140. The highest BCUT2D eigenvalue weighted by molar-refractivity contribution is 7.88. The Hall–Kier alpha value is -2.61. The minimum atomic E-state index is -3.41. The number of aromatic nitrogens is 1. The van der Waals surface area contributed by atoms with Gasteiger partial charge in [-0.05, 0) is 56.3 Å². The highest BCUT2D eigenvalue weighted by atomic mass is 35.5. The zero-order valence-corrected chi connectivity index (χ0v) is 18.6. The molecule has 0 fully saturated rings. The number of sulfonamides is 1. The highest BCUT2D eigenvalue weighted by Gasteiger charge is 2.18. The maximum atomic E-state index is 12.9. The van der Waals surface area contributed by atoms with E-state index in [9.17, 15) is 13.2 Å². The smallest absolute Gasteiger partial charge is 0.253 e. The summed E-state index contributed by atoms with van der Waals surface area (Å²) in [5.41, 5.74) is 4.58. The number of benzene rings is 2. The molecule has 0 saturated carbocycles. The molecular formula is C22H24ClN3O3S. The van der Waals surface area contributed by atoms with Crippen LogP contribution in [0.2, 0.25) is 5.02 Å². The Kier molecular flexibility index (Phi) is 6.65. The number of halogens is 1. The first-order valence-corrected chi connectivity index (χ1v) is 11.5. The van der Waals surface area contributed by atoms with Crippen molar-refractivity contribution in [3.8, 4) is 5.69 Å². The van der Waals surface area contributed by atoms with Gasteiger partial charge in [0.2, 0.25) is 10.0 Å². The summed E-state index contributed by atoms with van der Waals surface area (Å²) >= 11 is 6.12. The maximum absolute atomic E-state index is 12.9. The molecule has 0 spiro atoms. The first-order chi connectivity index (χ1) is 14.2. The normalized spacial score (nSPS) is 11.5. The van der Waals surface area contributed by atoms with Crippen molar-refractivity contribution in [2.45, 2.75) is 26.1 Å². The molecule has 0 aliphatic rings. The molecule has 8 heteroatoms. The van der Waals surface area contributed by atoms with E-state index in [2.05, 4.69) is 10.0 Å². The van der Waals surface area contributed by atoms with Gasteiger partial charge >= 0.3 is 0 Å². The van der Waals surface area contributed by atoms with Crippen LogP contribution in [0.3, 0.4) is 0 Å². The number of rotatable bonds is 7. The van der Waals surface area contributed by atoms with Crippen molar-refractivity contribution < 1.29 is 13.2 Å². The molecule has 0 saturated heterocycles. The number of amides is 1. The van der Waals surface area contributed by atoms with Crippen LogP contribution in [0.15, 0.2) is 54.6 Å². The van der Waals surface area contributed by atoms with Gasteiger partial charge in [0.05, 0.1) is 11.3 Å². The topological polar surface area (TPSA) is 80.2 Å². The van der Waals surface area contributed by atoms with Gasteiger partial charge in [0, 0.05) is 28.6 Å². The number of hydrogen-bond acceptors (Lipinski definition) is 3. The van der Waals surface area contributed by atoms with Gasteiger partial charge in [0.15, 0.2) is 0 Å². The van der Waals surface area contributed by atoms with E-state index >= 15 is 0 Å². The third-order valence-corrected chi connectivity index (χ3v) is 6.50. The van der Waals surface area contributed by atoms with Crippen LogP contribution >= 0.6 is 11.6 Å². The molecule has 0 atom stereocenters. The summed E-state index contributed by atoms with van der Waals surface area (Å²) in [5, 5.41) is 3.53. The largest absolute Gasteiger partial charge is 0.348 e. The average Bonchev–Trinajstić information content (AvgIpc) is 3.01. The number of aryl methyl sites for hydroxylation is 1. The lowest BCUT2D eigenvalue weighted by atomic mass is 10.1. The summed E-state index contributed by atoms with van der Waals surface area (Å²) < 4.78 is 28.1. The van der Waals surface area contributed by atoms with Crippen molar-refractivity contribution in [1.82, 2.24) is 14.6 Å². The van der Waals surface area contributed by atoms with Crippen molar-refractivity contribution in [2.75, 3.05) is 7.05 Å². The van der Waals surface area contributed by atoms with Crippen LogP contribution in [0.25, 0.3) is 5.69 Å². The Morgan fingerprint density at radius 3 is 2.40 bits per heavy atom. The summed E-state index contributed by atoms with van der Waals surface area (Å²) in [7, 11) is -2.02. The van der Waals surface area contributed by atoms with Crippen molar-refractivity contribution in [3.05, 3.63) is 87.7 Å². The summed E-state index contributed by atoms with van der Waals surface area (Å²) in [5.74, 6) is -0.360. The van der Waals surface area contributed by atoms with E-state index in [1.165, 1.54) is 7.05 Å².